The summed E-state index contributed by atoms with van der Waals surface area (Å²) in [5, 5.41) is 5.48. The van der Waals surface area contributed by atoms with Gasteiger partial charge in [0.2, 0.25) is 5.91 Å². The summed E-state index contributed by atoms with van der Waals surface area (Å²) in [6.07, 6.45) is 1.82. The molecule has 9 nitrogen and oxygen atoms in total. The van der Waals surface area contributed by atoms with Crippen LogP contribution in [0.25, 0.3) is 0 Å². The molecule has 0 aromatic heterocycles. The average Bonchev–Trinajstić information content (AvgIpc) is 3.57. The van der Waals surface area contributed by atoms with E-state index in [2.05, 4.69) is 29.4 Å². The number of ether oxygens (including phenoxy) is 2. The van der Waals surface area contributed by atoms with Crippen molar-refractivity contribution in [2.75, 3.05) is 45.2 Å². The fourth-order valence-electron chi connectivity index (χ4n) is 3.83. The number of nitrogens with zero attached hydrogens (tertiary/aromatic N) is 2. The van der Waals surface area contributed by atoms with Gasteiger partial charge in [0.05, 0.1) is 7.11 Å². The van der Waals surface area contributed by atoms with E-state index in [-0.39, 0.29) is 18.4 Å². The standard InChI is InChI=1S/C22H32N4O5/c1-5-25(6-2)11-12-31-18-13-16(9-10-17(18)30-4)23-19(27)14-26-20(28)22(3,15-7-8-15)24-21(26)29/h9-10,13,15H,5-8,11-12,14H2,1-4H3,(H,23,27)(H,24,29). The molecule has 0 spiro atoms. The maximum Gasteiger partial charge on any atom is 0.325 e. The fraction of sp³-hybridized carbons (Fsp3) is 0.591. The first kappa shape index (κ1) is 22.9. The van der Waals surface area contributed by atoms with Crippen molar-refractivity contribution in [3.63, 3.8) is 0 Å². The van der Waals surface area contributed by atoms with Gasteiger partial charge in [-0.2, -0.15) is 0 Å². The highest BCUT2D eigenvalue weighted by Gasteiger charge is 2.56. The molecule has 170 valence electrons. The molecule has 1 saturated carbocycles. The Labute approximate surface area is 183 Å². The zero-order valence-electron chi connectivity index (χ0n) is 18.7. The molecule has 0 radical (unpaired) electrons. The minimum absolute atomic E-state index is 0.148. The number of rotatable bonds is 11. The van der Waals surface area contributed by atoms with Crippen LogP contribution in [0.2, 0.25) is 0 Å². The minimum atomic E-state index is -0.899. The Morgan fingerprint density at radius 1 is 1.26 bits per heavy atom. The molecule has 1 unspecified atom stereocenters. The summed E-state index contributed by atoms with van der Waals surface area (Å²) in [7, 11) is 1.55. The Kier molecular flexibility index (Phi) is 7.04. The van der Waals surface area contributed by atoms with Gasteiger partial charge in [-0.05, 0) is 50.9 Å². The molecule has 2 aliphatic rings. The molecule has 1 aliphatic carbocycles. The van der Waals surface area contributed by atoms with Crippen LogP contribution in [0.5, 0.6) is 11.5 Å². The van der Waals surface area contributed by atoms with E-state index in [1.165, 1.54) is 0 Å². The maximum atomic E-state index is 12.7. The topological polar surface area (TPSA) is 100 Å². The van der Waals surface area contributed by atoms with Crippen molar-refractivity contribution < 1.29 is 23.9 Å². The van der Waals surface area contributed by atoms with Crippen LogP contribution in [0.1, 0.15) is 33.6 Å². The molecule has 3 rings (SSSR count). The summed E-state index contributed by atoms with van der Waals surface area (Å²) in [4.78, 5) is 40.7. The molecule has 1 saturated heterocycles. The lowest BCUT2D eigenvalue weighted by Crippen LogP contribution is -2.46. The van der Waals surface area contributed by atoms with Crippen molar-refractivity contribution in [2.24, 2.45) is 5.92 Å². The molecule has 1 atom stereocenters. The van der Waals surface area contributed by atoms with E-state index in [0.29, 0.717) is 23.8 Å². The van der Waals surface area contributed by atoms with Gasteiger partial charge in [-0.1, -0.05) is 13.8 Å². The second kappa shape index (κ2) is 9.55. The van der Waals surface area contributed by atoms with Crippen molar-refractivity contribution in [1.29, 1.82) is 0 Å². The average molecular weight is 433 g/mol. The minimum Gasteiger partial charge on any atom is -0.493 e. The lowest BCUT2D eigenvalue weighted by atomic mass is 9.96. The van der Waals surface area contributed by atoms with Gasteiger partial charge in [0.1, 0.15) is 18.7 Å². The van der Waals surface area contributed by atoms with Gasteiger partial charge >= 0.3 is 6.03 Å². The first-order valence-electron chi connectivity index (χ1n) is 10.8. The molecule has 2 fully saturated rings. The number of urea groups is 1. The summed E-state index contributed by atoms with van der Waals surface area (Å²) < 4.78 is 11.2. The second-order valence-corrected chi connectivity index (χ2v) is 8.09. The van der Waals surface area contributed by atoms with E-state index >= 15 is 0 Å². The van der Waals surface area contributed by atoms with E-state index in [1.54, 1.807) is 32.2 Å². The first-order valence-corrected chi connectivity index (χ1v) is 10.8. The van der Waals surface area contributed by atoms with E-state index in [0.717, 1.165) is 37.4 Å². The van der Waals surface area contributed by atoms with Gasteiger partial charge in [0.15, 0.2) is 11.5 Å². The van der Waals surface area contributed by atoms with Gasteiger partial charge in [-0.3, -0.25) is 14.5 Å². The SMILES string of the molecule is CCN(CC)CCOc1cc(NC(=O)CN2C(=O)NC(C)(C3CC3)C2=O)ccc1OC. The predicted molar refractivity (Wildman–Crippen MR) is 116 cm³/mol. The number of carbonyl (C=O) groups excluding carboxylic acids is 3. The molecule has 31 heavy (non-hydrogen) atoms. The van der Waals surface area contributed by atoms with E-state index in [1.807, 2.05) is 0 Å². The first-order chi connectivity index (χ1) is 14.8. The van der Waals surface area contributed by atoms with Gasteiger partial charge in [0.25, 0.3) is 5.91 Å². The monoisotopic (exact) mass is 432 g/mol. The van der Waals surface area contributed by atoms with Crippen LogP contribution in [-0.4, -0.2) is 73.1 Å². The predicted octanol–water partition coefficient (Wildman–Crippen LogP) is 2.07. The third-order valence-electron chi connectivity index (χ3n) is 6.00. The number of methoxy groups -OCH3 is 1. The molecule has 4 amide bonds. The zero-order chi connectivity index (χ0) is 22.6. The lowest BCUT2D eigenvalue weighted by Gasteiger charge is -2.21. The number of benzene rings is 1. The molecular formula is C22H32N4O5. The van der Waals surface area contributed by atoms with Crippen LogP contribution < -0.4 is 20.1 Å². The molecule has 1 aliphatic heterocycles. The highest BCUT2D eigenvalue weighted by Crippen LogP contribution is 2.42. The van der Waals surface area contributed by atoms with Crippen LogP contribution in [0, 0.1) is 5.92 Å². The number of carbonyl (C=O) groups is 3. The quantitative estimate of drug-likeness (QED) is 0.520. The van der Waals surface area contributed by atoms with Crippen LogP contribution in [0.3, 0.4) is 0 Å². The lowest BCUT2D eigenvalue weighted by molar-refractivity contribution is -0.134. The van der Waals surface area contributed by atoms with Gasteiger partial charge in [0, 0.05) is 18.3 Å². The van der Waals surface area contributed by atoms with E-state index in [4.69, 9.17) is 9.47 Å². The number of nitrogens with one attached hydrogen (secondary N) is 2. The Morgan fingerprint density at radius 2 is 1.97 bits per heavy atom. The normalized spacial score (nSPS) is 20.7. The Morgan fingerprint density at radius 3 is 2.58 bits per heavy atom. The molecule has 1 aromatic carbocycles. The Balaban J connectivity index is 1.60. The summed E-state index contributed by atoms with van der Waals surface area (Å²) in [5.74, 6) is 0.429. The molecule has 1 aromatic rings. The van der Waals surface area contributed by atoms with Gasteiger partial charge < -0.3 is 25.0 Å². The molecule has 2 N–H and O–H groups in total. The van der Waals surface area contributed by atoms with Crippen molar-refractivity contribution >= 4 is 23.5 Å². The summed E-state index contributed by atoms with van der Waals surface area (Å²) >= 11 is 0. The third-order valence-corrected chi connectivity index (χ3v) is 6.00. The van der Waals surface area contributed by atoms with Crippen LogP contribution >= 0.6 is 0 Å². The smallest absolute Gasteiger partial charge is 0.325 e. The summed E-state index contributed by atoms with van der Waals surface area (Å²) in [6, 6.07) is 4.55. The van der Waals surface area contributed by atoms with Crippen molar-refractivity contribution in [2.45, 2.75) is 39.2 Å². The Hall–Kier alpha value is -2.81. The summed E-state index contributed by atoms with van der Waals surface area (Å²) in [5.41, 5.74) is -0.399. The zero-order valence-corrected chi connectivity index (χ0v) is 18.7. The number of hydrogen-bond donors (Lipinski definition) is 2. The highest BCUT2D eigenvalue weighted by molar-refractivity contribution is 6.10. The van der Waals surface area contributed by atoms with Crippen LogP contribution in [0.15, 0.2) is 18.2 Å². The van der Waals surface area contributed by atoms with Gasteiger partial charge in [-0.25, -0.2) is 4.79 Å². The van der Waals surface area contributed by atoms with Crippen molar-refractivity contribution in [3.05, 3.63) is 18.2 Å². The van der Waals surface area contributed by atoms with Crippen molar-refractivity contribution in [1.82, 2.24) is 15.1 Å². The number of amides is 4. The number of anilines is 1. The third kappa shape index (κ3) is 5.10. The molecular weight excluding hydrogens is 400 g/mol. The van der Waals surface area contributed by atoms with Crippen molar-refractivity contribution in [3.8, 4) is 11.5 Å². The van der Waals surface area contributed by atoms with E-state index in [9.17, 15) is 14.4 Å². The largest absolute Gasteiger partial charge is 0.493 e. The highest BCUT2D eigenvalue weighted by atomic mass is 16.5. The number of likely N-dealkylation sites (N-methyl/N-ethyl adjacent to an activating group) is 1. The second-order valence-electron chi connectivity index (χ2n) is 8.09. The number of hydrogen-bond acceptors (Lipinski definition) is 6. The van der Waals surface area contributed by atoms with Crippen LogP contribution in [0.4, 0.5) is 10.5 Å². The summed E-state index contributed by atoms with van der Waals surface area (Å²) in [6.45, 7) is 8.73. The molecule has 1 heterocycles. The maximum absolute atomic E-state index is 12.7. The van der Waals surface area contributed by atoms with E-state index < -0.39 is 17.5 Å². The molecule has 0 bridgehead atoms. The van der Waals surface area contributed by atoms with Gasteiger partial charge in [-0.15, -0.1) is 0 Å². The number of imide groups is 1. The van der Waals surface area contributed by atoms with Crippen LogP contribution in [-0.2, 0) is 9.59 Å². The fourth-order valence-corrected chi connectivity index (χ4v) is 3.83. The Bertz CT molecular complexity index is 837. The molecule has 9 heteroatoms.